The predicted octanol–water partition coefficient (Wildman–Crippen LogP) is 3.47. The van der Waals surface area contributed by atoms with Crippen molar-refractivity contribution in [3.63, 3.8) is 0 Å². The summed E-state index contributed by atoms with van der Waals surface area (Å²) in [7, 11) is 0. The predicted molar refractivity (Wildman–Crippen MR) is 123 cm³/mol. The molecular weight excluding hydrogens is 477 g/mol. The molecule has 0 unspecified atom stereocenters. The average molecular weight is 503 g/mol. The van der Waals surface area contributed by atoms with E-state index in [1.165, 1.54) is 0 Å². The van der Waals surface area contributed by atoms with E-state index in [0.29, 0.717) is 44.7 Å². The van der Waals surface area contributed by atoms with Crippen LogP contribution in [0.15, 0.2) is 24.3 Å². The van der Waals surface area contributed by atoms with Crippen LogP contribution in [0.4, 0.5) is 19.3 Å². The zero-order valence-electron chi connectivity index (χ0n) is 18.4. The van der Waals surface area contributed by atoms with Gasteiger partial charge in [-0.05, 0) is 31.2 Å². The maximum Gasteiger partial charge on any atom is 0.315 e. The van der Waals surface area contributed by atoms with E-state index in [-0.39, 0.29) is 29.7 Å². The number of rotatable bonds is 7. The molecule has 0 spiro atoms. The fraction of sp³-hybridized carbons (Fsp3) is 0.476. The average Bonchev–Trinajstić information content (AvgIpc) is 3.08. The van der Waals surface area contributed by atoms with Crippen LogP contribution in [0.2, 0.25) is 10.0 Å². The SMILES string of the molecule is CCNC(=O)NCc1c(Cl)c(C(C)(F)F)nn1CC(=O)N1CCN(c2ccc(Cl)cc2)CC1. The lowest BCUT2D eigenvalue weighted by Gasteiger charge is -2.36. The van der Waals surface area contributed by atoms with Gasteiger partial charge >= 0.3 is 6.03 Å². The van der Waals surface area contributed by atoms with Gasteiger partial charge in [0.1, 0.15) is 12.2 Å². The number of piperazine rings is 1. The molecule has 0 bridgehead atoms. The summed E-state index contributed by atoms with van der Waals surface area (Å²) < 4.78 is 29.1. The monoisotopic (exact) mass is 502 g/mol. The third kappa shape index (κ3) is 6.26. The molecule has 1 aliphatic heterocycles. The number of benzene rings is 1. The van der Waals surface area contributed by atoms with Crippen molar-refractivity contribution >= 4 is 40.8 Å². The fourth-order valence-electron chi connectivity index (χ4n) is 3.54. The Morgan fingerprint density at radius 2 is 1.73 bits per heavy atom. The van der Waals surface area contributed by atoms with Crippen LogP contribution in [0.25, 0.3) is 0 Å². The van der Waals surface area contributed by atoms with Crippen molar-refractivity contribution in [3.8, 4) is 0 Å². The Morgan fingerprint density at radius 1 is 1.09 bits per heavy atom. The molecule has 0 radical (unpaired) electrons. The van der Waals surface area contributed by atoms with Gasteiger partial charge in [-0.1, -0.05) is 23.2 Å². The summed E-state index contributed by atoms with van der Waals surface area (Å²) in [5.74, 6) is -3.56. The molecular formula is C21H26Cl2F2N6O2. The quantitative estimate of drug-likeness (QED) is 0.607. The molecule has 0 atom stereocenters. The molecule has 1 aromatic heterocycles. The molecule has 3 amide bonds. The maximum atomic E-state index is 14.0. The van der Waals surface area contributed by atoms with Crippen LogP contribution in [0, 0.1) is 0 Å². The molecule has 1 aliphatic rings. The first-order valence-corrected chi connectivity index (χ1v) is 11.3. The van der Waals surface area contributed by atoms with Crippen LogP contribution < -0.4 is 15.5 Å². The number of nitrogens with zero attached hydrogens (tertiary/aromatic N) is 4. The second-order valence-corrected chi connectivity index (χ2v) is 8.53. The zero-order chi connectivity index (χ0) is 24.2. The number of carbonyl (C=O) groups excluding carboxylic acids is 2. The van der Waals surface area contributed by atoms with Gasteiger partial charge in [0.25, 0.3) is 5.92 Å². The van der Waals surface area contributed by atoms with E-state index in [0.717, 1.165) is 10.4 Å². The summed E-state index contributed by atoms with van der Waals surface area (Å²) in [6, 6.07) is 6.99. The number of alkyl halides is 2. The first-order chi connectivity index (χ1) is 15.6. The lowest BCUT2D eigenvalue weighted by atomic mass is 10.2. The van der Waals surface area contributed by atoms with E-state index >= 15 is 0 Å². The Kier molecular flexibility index (Phi) is 8.01. The van der Waals surface area contributed by atoms with Gasteiger partial charge in [0, 0.05) is 50.4 Å². The Hall–Kier alpha value is -2.59. The van der Waals surface area contributed by atoms with E-state index in [1.54, 1.807) is 11.8 Å². The highest BCUT2D eigenvalue weighted by molar-refractivity contribution is 6.32. The first kappa shape index (κ1) is 25.0. The second kappa shape index (κ2) is 10.6. The van der Waals surface area contributed by atoms with Crippen molar-refractivity contribution in [2.24, 2.45) is 0 Å². The van der Waals surface area contributed by atoms with Gasteiger partial charge in [-0.15, -0.1) is 0 Å². The molecule has 1 aromatic carbocycles. The van der Waals surface area contributed by atoms with Gasteiger partial charge in [0.05, 0.1) is 17.3 Å². The molecule has 180 valence electrons. The summed E-state index contributed by atoms with van der Waals surface area (Å²) in [6.45, 7) is 4.61. The molecule has 3 rings (SSSR count). The highest BCUT2D eigenvalue weighted by Gasteiger charge is 2.34. The largest absolute Gasteiger partial charge is 0.368 e. The number of amides is 3. The standard InChI is InChI=1S/C21H26Cl2F2N6O2/c1-3-26-20(33)27-12-16-18(23)19(21(2,24)25)28-31(16)13-17(32)30-10-8-29(9-11-30)15-6-4-14(22)5-7-15/h4-7H,3,8-13H2,1-2H3,(H2,26,27,33). The van der Waals surface area contributed by atoms with Crippen LogP contribution in [0.1, 0.15) is 25.2 Å². The summed E-state index contributed by atoms with van der Waals surface area (Å²) in [5, 5.41) is 9.38. The fourth-order valence-corrected chi connectivity index (χ4v) is 4.03. The molecule has 1 fully saturated rings. The van der Waals surface area contributed by atoms with E-state index in [1.807, 2.05) is 24.3 Å². The number of hydrogen-bond donors (Lipinski definition) is 2. The topological polar surface area (TPSA) is 82.5 Å². The molecule has 8 nitrogen and oxygen atoms in total. The molecule has 0 aliphatic carbocycles. The molecule has 2 N–H and O–H groups in total. The lowest BCUT2D eigenvalue weighted by molar-refractivity contribution is -0.132. The van der Waals surface area contributed by atoms with Gasteiger partial charge in [-0.2, -0.15) is 13.9 Å². The normalized spacial score (nSPS) is 14.4. The molecule has 33 heavy (non-hydrogen) atoms. The number of carbonyl (C=O) groups is 2. The Bertz CT molecular complexity index is 986. The minimum absolute atomic E-state index is 0.146. The number of anilines is 1. The van der Waals surface area contributed by atoms with Crippen molar-refractivity contribution in [3.05, 3.63) is 45.7 Å². The van der Waals surface area contributed by atoms with Gasteiger partial charge in [0.15, 0.2) is 0 Å². The lowest BCUT2D eigenvalue weighted by Crippen LogP contribution is -2.49. The van der Waals surface area contributed by atoms with Crippen LogP contribution >= 0.6 is 23.2 Å². The van der Waals surface area contributed by atoms with E-state index < -0.39 is 17.6 Å². The van der Waals surface area contributed by atoms with Gasteiger partial charge in [-0.25, -0.2) is 4.79 Å². The number of urea groups is 1. The maximum absolute atomic E-state index is 14.0. The van der Waals surface area contributed by atoms with Crippen LogP contribution in [-0.2, 0) is 23.8 Å². The Labute approximate surface area is 200 Å². The number of hydrogen-bond acceptors (Lipinski definition) is 4. The third-order valence-corrected chi connectivity index (χ3v) is 5.92. The minimum Gasteiger partial charge on any atom is -0.368 e. The highest BCUT2D eigenvalue weighted by Crippen LogP contribution is 2.34. The van der Waals surface area contributed by atoms with Gasteiger partial charge < -0.3 is 20.4 Å². The molecule has 2 aromatic rings. The number of halogens is 4. The van der Waals surface area contributed by atoms with Crippen molar-refractivity contribution in [1.29, 1.82) is 0 Å². The second-order valence-electron chi connectivity index (χ2n) is 7.71. The molecule has 1 saturated heterocycles. The summed E-state index contributed by atoms with van der Waals surface area (Å²) >= 11 is 12.1. The smallest absolute Gasteiger partial charge is 0.315 e. The van der Waals surface area contributed by atoms with Crippen molar-refractivity contribution in [2.75, 3.05) is 37.6 Å². The van der Waals surface area contributed by atoms with Crippen molar-refractivity contribution in [2.45, 2.75) is 32.9 Å². The highest BCUT2D eigenvalue weighted by atomic mass is 35.5. The number of nitrogens with one attached hydrogen (secondary N) is 2. The summed E-state index contributed by atoms with van der Waals surface area (Å²) in [4.78, 5) is 28.5. The Morgan fingerprint density at radius 3 is 2.30 bits per heavy atom. The minimum atomic E-state index is -3.30. The molecule has 2 heterocycles. The van der Waals surface area contributed by atoms with Crippen molar-refractivity contribution < 1.29 is 18.4 Å². The summed E-state index contributed by atoms with van der Waals surface area (Å²) in [6.07, 6.45) is 0. The molecule has 0 saturated carbocycles. The first-order valence-electron chi connectivity index (χ1n) is 10.5. The number of aromatic nitrogens is 2. The van der Waals surface area contributed by atoms with Gasteiger partial charge in [-0.3, -0.25) is 9.48 Å². The zero-order valence-corrected chi connectivity index (χ0v) is 19.9. The van der Waals surface area contributed by atoms with Crippen molar-refractivity contribution in [1.82, 2.24) is 25.3 Å². The van der Waals surface area contributed by atoms with E-state index in [2.05, 4.69) is 20.6 Å². The van der Waals surface area contributed by atoms with E-state index in [9.17, 15) is 18.4 Å². The van der Waals surface area contributed by atoms with Crippen LogP contribution in [-0.4, -0.2) is 59.3 Å². The Balaban J connectivity index is 1.69. The van der Waals surface area contributed by atoms with E-state index in [4.69, 9.17) is 23.2 Å². The summed E-state index contributed by atoms with van der Waals surface area (Å²) in [5.41, 5.74) is 0.531. The third-order valence-electron chi connectivity index (χ3n) is 5.27. The van der Waals surface area contributed by atoms with Crippen LogP contribution in [0.5, 0.6) is 0 Å². The van der Waals surface area contributed by atoms with Crippen LogP contribution in [0.3, 0.4) is 0 Å². The van der Waals surface area contributed by atoms with Gasteiger partial charge in [0.2, 0.25) is 5.91 Å². The molecule has 12 heteroatoms.